The van der Waals surface area contributed by atoms with Crippen LogP contribution in [0.5, 0.6) is 0 Å². The number of piperidine rings is 1. The van der Waals surface area contributed by atoms with Crippen LogP contribution in [0.15, 0.2) is 0 Å². The second kappa shape index (κ2) is 4.43. The summed E-state index contributed by atoms with van der Waals surface area (Å²) in [5.41, 5.74) is -0.207. The van der Waals surface area contributed by atoms with E-state index in [1.165, 1.54) is 12.8 Å². The largest absolute Gasteiger partial charge is 0.378 e. The van der Waals surface area contributed by atoms with Crippen LogP contribution < -0.4 is 0 Å². The highest BCUT2D eigenvalue weighted by Crippen LogP contribution is 2.36. The predicted molar refractivity (Wildman–Crippen MR) is 68.8 cm³/mol. The zero-order valence-corrected chi connectivity index (χ0v) is 11.3. The van der Waals surface area contributed by atoms with Gasteiger partial charge in [0, 0.05) is 19.6 Å². The molecule has 5 heteroatoms. The second-order valence-corrected chi connectivity index (χ2v) is 6.41. The van der Waals surface area contributed by atoms with Crippen molar-refractivity contribution in [1.82, 2.24) is 9.80 Å². The van der Waals surface area contributed by atoms with Gasteiger partial charge < -0.3 is 14.4 Å². The first-order valence-electron chi connectivity index (χ1n) is 7.52. The van der Waals surface area contributed by atoms with Crippen molar-refractivity contribution >= 4 is 5.91 Å². The van der Waals surface area contributed by atoms with E-state index in [-0.39, 0.29) is 11.6 Å². The summed E-state index contributed by atoms with van der Waals surface area (Å²) in [5, 5.41) is 0. The van der Waals surface area contributed by atoms with Crippen molar-refractivity contribution in [2.75, 3.05) is 46.0 Å². The molecular weight excluding hydrogens is 244 g/mol. The Morgan fingerprint density at radius 3 is 2.63 bits per heavy atom. The Morgan fingerprint density at radius 1 is 1.16 bits per heavy atom. The molecule has 19 heavy (non-hydrogen) atoms. The fourth-order valence-electron chi connectivity index (χ4n) is 4.22. The molecule has 106 valence electrons. The molecule has 1 spiro atoms. The third-order valence-electron chi connectivity index (χ3n) is 5.29. The van der Waals surface area contributed by atoms with Crippen LogP contribution in [-0.4, -0.2) is 73.3 Å². The van der Waals surface area contributed by atoms with E-state index < -0.39 is 0 Å². The van der Waals surface area contributed by atoms with Crippen molar-refractivity contribution < 1.29 is 14.3 Å². The molecule has 5 nitrogen and oxygen atoms in total. The SMILES string of the molecule is O=C(C1C2CCN1CC2)N1CCOC2(CCOC2)C1. The Labute approximate surface area is 113 Å². The van der Waals surface area contributed by atoms with Gasteiger partial charge in [0.05, 0.1) is 25.8 Å². The van der Waals surface area contributed by atoms with Crippen LogP contribution in [0.2, 0.25) is 0 Å². The van der Waals surface area contributed by atoms with E-state index in [1.54, 1.807) is 0 Å². The first kappa shape index (κ1) is 12.1. The summed E-state index contributed by atoms with van der Waals surface area (Å²) in [6, 6.07) is 0.164. The highest BCUT2D eigenvalue weighted by atomic mass is 16.6. The number of amides is 1. The highest BCUT2D eigenvalue weighted by Gasteiger charge is 2.48. The van der Waals surface area contributed by atoms with Gasteiger partial charge in [0.25, 0.3) is 0 Å². The lowest BCUT2D eigenvalue weighted by atomic mass is 9.96. The molecule has 4 heterocycles. The fourth-order valence-corrected chi connectivity index (χ4v) is 4.22. The van der Waals surface area contributed by atoms with Gasteiger partial charge in [-0.3, -0.25) is 9.69 Å². The van der Waals surface area contributed by atoms with Gasteiger partial charge in [0.15, 0.2) is 0 Å². The molecule has 2 bridgehead atoms. The smallest absolute Gasteiger partial charge is 0.240 e. The molecule has 0 N–H and O–H groups in total. The standard InChI is InChI=1S/C14H22N2O3/c17-13(12-11-1-4-15(12)5-2-11)16-6-8-19-14(9-16)3-7-18-10-14/h11-12H,1-10H2. The molecule has 0 aromatic carbocycles. The molecule has 4 aliphatic rings. The van der Waals surface area contributed by atoms with Crippen molar-refractivity contribution in [3.05, 3.63) is 0 Å². The predicted octanol–water partition coefficient (Wildman–Crippen LogP) is 0.0985. The molecule has 4 aliphatic heterocycles. The number of rotatable bonds is 1. The van der Waals surface area contributed by atoms with E-state index in [9.17, 15) is 4.79 Å². The normalized spacial score (nSPS) is 45.3. The number of fused-ring (bicyclic) bond motifs is 2. The molecular formula is C14H22N2O3. The minimum absolute atomic E-state index is 0.164. The summed E-state index contributed by atoms with van der Waals surface area (Å²) in [4.78, 5) is 17.2. The number of hydrogen-bond acceptors (Lipinski definition) is 4. The van der Waals surface area contributed by atoms with Gasteiger partial charge in [-0.05, 0) is 31.8 Å². The molecule has 1 amide bonds. The minimum atomic E-state index is -0.207. The molecule has 0 radical (unpaired) electrons. The van der Waals surface area contributed by atoms with Crippen molar-refractivity contribution in [2.45, 2.75) is 30.9 Å². The maximum atomic E-state index is 12.8. The zero-order chi connectivity index (χ0) is 12.9. The van der Waals surface area contributed by atoms with Crippen LogP contribution in [0.4, 0.5) is 0 Å². The van der Waals surface area contributed by atoms with E-state index in [0.29, 0.717) is 25.0 Å². The summed E-state index contributed by atoms with van der Waals surface area (Å²) in [7, 11) is 0. The molecule has 2 atom stereocenters. The van der Waals surface area contributed by atoms with Gasteiger partial charge in [-0.1, -0.05) is 0 Å². The second-order valence-electron chi connectivity index (χ2n) is 6.41. The third-order valence-corrected chi connectivity index (χ3v) is 5.29. The van der Waals surface area contributed by atoms with Gasteiger partial charge in [-0.15, -0.1) is 0 Å². The van der Waals surface area contributed by atoms with E-state index in [1.807, 2.05) is 4.90 Å². The van der Waals surface area contributed by atoms with E-state index in [2.05, 4.69) is 4.90 Å². The van der Waals surface area contributed by atoms with Crippen molar-refractivity contribution in [2.24, 2.45) is 5.92 Å². The monoisotopic (exact) mass is 266 g/mol. The average molecular weight is 266 g/mol. The fraction of sp³-hybridized carbons (Fsp3) is 0.929. The topological polar surface area (TPSA) is 42.0 Å². The van der Waals surface area contributed by atoms with Crippen LogP contribution in [0, 0.1) is 5.92 Å². The molecule has 0 aliphatic carbocycles. The number of hydrogen-bond donors (Lipinski definition) is 0. The first-order valence-corrected chi connectivity index (χ1v) is 7.52. The zero-order valence-electron chi connectivity index (χ0n) is 11.3. The molecule has 0 aromatic rings. The van der Waals surface area contributed by atoms with Crippen molar-refractivity contribution in [3.8, 4) is 0 Å². The Morgan fingerprint density at radius 2 is 2.00 bits per heavy atom. The molecule has 4 fully saturated rings. The van der Waals surface area contributed by atoms with Crippen molar-refractivity contribution in [1.29, 1.82) is 0 Å². The minimum Gasteiger partial charge on any atom is -0.378 e. The Kier molecular flexibility index (Phi) is 2.83. The number of carbonyl (C=O) groups excluding carboxylic acids is 1. The molecule has 4 rings (SSSR count). The quantitative estimate of drug-likeness (QED) is 0.675. The van der Waals surface area contributed by atoms with Crippen LogP contribution >= 0.6 is 0 Å². The Balaban J connectivity index is 1.48. The number of ether oxygens (including phenoxy) is 2. The first-order chi connectivity index (χ1) is 9.27. The number of carbonyl (C=O) groups is 1. The van der Waals surface area contributed by atoms with Gasteiger partial charge in [-0.25, -0.2) is 0 Å². The van der Waals surface area contributed by atoms with E-state index >= 15 is 0 Å². The number of nitrogens with zero attached hydrogens (tertiary/aromatic N) is 2. The average Bonchev–Trinajstić information content (AvgIpc) is 3.14. The highest BCUT2D eigenvalue weighted by molar-refractivity contribution is 5.83. The number of morpholine rings is 1. The van der Waals surface area contributed by atoms with Crippen LogP contribution in [0.1, 0.15) is 19.3 Å². The molecule has 0 aromatic heterocycles. The van der Waals surface area contributed by atoms with Crippen molar-refractivity contribution in [3.63, 3.8) is 0 Å². The van der Waals surface area contributed by atoms with Gasteiger partial charge >= 0.3 is 0 Å². The molecule has 0 saturated carbocycles. The lowest BCUT2D eigenvalue weighted by molar-refractivity contribution is -0.154. The van der Waals surface area contributed by atoms with E-state index in [4.69, 9.17) is 9.47 Å². The molecule has 2 unspecified atom stereocenters. The summed E-state index contributed by atoms with van der Waals surface area (Å²) in [6.45, 7) is 5.77. The summed E-state index contributed by atoms with van der Waals surface area (Å²) in [6.07, 6.45) is 3.33. The summed E-state index contributed by atoms with van der Waals surface area (Å²) < 4.78 is 11.4. The van der Waals surface area contributed by atoms with Gasteiger partial charge in [0.2, 0.25) is 5.91 Å². The van der Waals surface area contributed by atoms with Crippen LogP contribution in [-0.2, 0) is 14.3 Å². The maximum Gasteiger partial charge on any atom is 0.240 e. The summed E-state index contributed by atoms with van der Waals surface area (Å²) >= 11 is 0. The lowest BCUT2D eigenvalue weighted by Gasteiger charge is -2.41. The van der Waals surface area contributed by atoms with Crippen LogP contribution in [0.25, 0.3) is 0 Å². The Bertz CT molecular complexity index is 361. The van der Waals surface area contributed by atoms with Gasteiger partial charge in [0.1, 0.15) is 5.60 Å². The maximum absolute atomic E-state index is 12.8. The third kappa shape index (κ3) is 1.90. The van der Waals surface area contributed by atoms with E-state index in [0.717, 1.165) is 39.2 Å². The lowest BCUT2D eigenvalue weighted by Crippen LogP contribution is -2.57. The summed E-state index contributed by atoms with van der Waals surface area (Å²) in [5.74, 6) is 0.945. The Hall–Kier alpha value is -0.650. The van der Waals surface area contributed by atoms with Gasteiger partial charge in [-0.2, -0.15) is 0 Å². The van der Waals surface area contributed by atoms with Crippen LogP contribution in [0.3, 0.4) is 0 Å². The molecule has 4 saturated heterocycles.